The number of amides is 2. The Bertz CT molecular complexity index is 449. The van der Waals surface area contributed by atoms with Crippen molar-refractivity contribution >= 4 is 17.8 Å². The quantitative estimate of drug-likeness (QED) is 0.831. The van der Waals surface area contributed by atoms with Gasteiger partial charge in [-0.15, -0.1) is 0 Å². The van der Waals surface area contributed by atoms with Gasteiger partial charge in [-0.2, -0.15) is 0 Å². The zero-order valence-corrected chi connectivity index (χ0v) is 13.5. The Morgan fingerprint density at radius 2 is 2.00 bits per heavy atom. The third-order valence-corrected chi connectivity index (χ3v) is 4.57. The molecule has 2 amide bonds. The second-order valence-electron chi connectivity index (χ2n) is 6.80. The van der Waals surface area contributed by atoms with Crippen LogP contribution in [0.2, 0.25) is 0 Å². The summed E-state index contributed by atoms with van der Waals surface area (Å²) in [6, 6.07) is -0.430. The molecule has 0 aliphatic carbocycles. The van der Waals surface area contributed by atoms with Gasteiger partial charge in [-0.3, -0.25) is 14.4 Å². The summed E-state index contributed by atoms with van der Waals surface area (Å²) in [6.07, 6.45) is 3.48. The third kappa shape index (κ3) is 3.78. The van der Waals surface area contributed by atoms with Crippen molar-refractivity contribution in [1.82, 2.24) is 9.80 Å². The van der Waals surface area contributed by atoms with E-state index in [2.05, 4.69) is 0 Å². The number of carbonyl (C=O) groups is 3. The Balaban J connectivity index is 2.09. The highest BCUT2D eigenvalue weighted by Crippen LogP contribution is 2.24. The summed E-state index contributed by atoms with van der Waals surface area (Å²) in [6.45, 7) is 5.47. The molecule has 2 aliphatic rings. The van der Waals surface area contributed by atoms with E-state index >= 15 is 0 Å². The highest BCUT2D eigenvalue weighted by molar-refractivity contribution is 5.88. The molecule has 124 valence electrons. The Hall–Kier alpha value is -1.59. The predicted octanol–water partition coefficient (Wildman–Crippen LogP) is 1.35. The maximum atomic E-state index is 12.8. The molecule has 0 aromatic carbocycles. The summed E-state index contributed by atoms with van der Waals surface area (Å²) < 4.78 is 0. The summed E-state index contributed by atoms with van der Waals surface area (Å²) in [7, 11) is 0. The van der Waals surface area contributed by atoms with Gasteiger partial charge in [0, 0.05) is 26.1 Å². The minimum Gasteiger partial charge on any atom is -0.481 e. The Kier molecular flexibility index (Phi) is 5.42. The second kappa shape index (κ2) is 7.11. The topological polar surface area (TPSA) is 77.9 Å². The van der Waals surface area contributed by atoms with Crippen LogP contribution in [0.3, 0.4) is 0 Å². The van der Waals surface area contributed by atoms with Crippen LogP contribution in [-0.2, 0) is 14.4 Å². The Morgan fingerprint density at radius 1 is 1.27 bits per heavy atom. The van der Waals surface area contributed by atoms with Crippen molar-refractivity contribution in [1.29, 1.82) is 0 Å². The van der Waals surface area contributed by atoms with Crippen LogP contribution in [0.1, 0.15) is 46.0 Å². The van der Waals surface area contributed by atoms with Crippen LogP contribution < -0.4 is 0 Å². The van der Waals surface area contributed by atoms with Gasteiger partial charge in [-0.1, -0.05) is 13.8 Å². The molecule has 0 bridgehead atoms. The minimum absolute atomic E-state index is 0.0548. The molecule has 2 unspecified atom stereocenters. The average molecular weight is 310 g/mol. The fraction of sp³-hybridized carbons (Fsp3) is 0.812. The van der Waals surface area contributed by atoms with Crippen molar-refractivity contribution in [2.75, 3.05) is 19.6 Å². The predicted molar refractivity (Wildman–Crippen MR) is 81.1 cm³/mol. The first-order valence-electron chi connectivity index (χ1n) is 8.21. The first-order chi connectivity index (χ1) is 10.4. The van der Waals surface area contributed by atoms with Crippen LogP contribution in [0.25, 0.3) is 0 Å². The molecule has 2 fully saturated rings. The molecule has 2 aliphatic heterocycles. The lowest BCUT2D eigenvalue weighted by Crippen LogP contribution is -2.52. The van der Waals surface area contributed by atoms with E-state index in [4.69, 9.17) is 5.11 Å². The third-order valence-electron chi connectivity index (χ3n) is 4.57. The lowest BCUT2D eigenvalue weighted by Gasteiger charge is -2.36. The number of nitrogens with zero attached hydrogens (tertiary/aromatic N) is 2. The van der Waals surface area contributed by atoms with E-state index in [1.807, 2.05) is 13.8 Å². The van der Waals surface area contributed by atoms with Crippen LogP contribution in [0.15, 0.2) is 0 Å². The van der Waals surface area contributed by atoms with Crippen LogP contribution in [0.5, 0.6) is 0 Å². The van der Waals surface area contributed by atoms with E-state index in [9.17, 15) is 14.4 Å². The van der Waals surface area contributed by atoms with Gasteiger partial charge in [0.15, 0.2) is 0 Å². The number of carboxylic acid groups (broad SMARTS) is 1. The number of aliphatic carboxylic acids is 1. The molecular formula is C16H26N2O4. The SMILES string of the molecule is CC(C)CC(C(=O)N1CCC(C(=O)O)C1)N1CCCCC1=O. The molecule has 2 heterocycles. The van der Waals surface area contributed by atoms with E-state index in [-0.39, 0.29) is 18.4 Å². The van der Waals surface area contributed by atoms with Crippen molar-refractivity contribution in [3.05, 3.63) is 0 Å². The summed E-state index contributed by atoms with van der Waals surface area (Å²) >= 11 is 0. The summed E-state index contributed by atoms with van der Waals surface area (Å²) in [5, 5.41) is 9.09. The van der Waals surface area contributed by atoms with Crippen LogP contribution in [-0.4, -0.2) is 58.4 Å². The molecule has 6 heteroatoms. The largest absolute Gasteiger partial charge is 0.481 e. The first kappa shape index (κ1) is 16.8. The smallest absolute Gasteiger partial charge is 0.308 e. The van der Waals surface area contributed by atoms with Crippen molar-refractivity contribution < 1.29 is 19.5 Å². The van der Waals surface area contributed by atoms with Gasteiger partial charge in [0.05, 0.1) is 5.92 Å². The lowest BCUT2D eigenvalue weighted by atomic mass is 9.98. The summed E-state index contributed by atoms with van der Waals surface area (Å²) in [5.41, 5.74) is 0. The highest BCUT2D eigenvalue weighted by Gasteiger charge is 2.38. The number of hydrogen-bond acceptors (Lipinski definition) is 3. The molecule has 2 rings (SSSR count). The van der Waals surface area contributed by atoms with Gasteiger partial charge in [-0.05, 0) is 31.6 Å². The summed E-state index contributed by atoms with van der Waals surface area (Å²) in [4.78, 5) is 39.4. The maximum Gasteiger partial charge on any atom is 0.308 e. The van der Waals surface area contributed by atoms with E-state index in [1.54, 1.807) is 9.80 Å². The number of piperidine rings is 1. The van der Waals surface area contributed by atoms with Gasteiger partial charge >= 0.3 is 5.97 Å². The molecule has 22 heavy (non-hydrogen) atoms. The fourth-order valence-electron chi connectivity index (χ4n) is 3.34. The lowest BCUT2D eigenvalue weighted by molar-refractivity contribution is -0.148. The fourth-order valence-corrected chi connectivity index (χ4v) is 3.34. The van der Waals surface area contributed by atoms with Crippen molar-refractivity contribution in [3.8, 4) is 0 Å². The number of rotatable bonds is 5. The number of hydrogen-bond donors (Lipinski definition) is 1. The van der Waals surface area contributed by atoms with E-state index in [0.29, 0.717) is 38.3 Å². The molecule has 0 aromatic rings. The molecule has 0 aromatic heterocycles. The van der Waals surface area contributed by atoms with Crippen LogP contribution in [0, 0.1) is 11.8 Å². The Morgan fingerprint density at radius 3 is 2.55 bits per heavy atom. The van der Waals surface area contributed by atoms with E-state index < -0.39 is 17.9 Å². The van der Waals surface area contributed by atoms with Gasteiger partial charge in [-0.25, -0.2) is 0 Å². The van der Waals surface area contributed by atoms with Gasteiger partial charge in [0.1, 0.15) is 6.04 Å². The summed E-state index contributed by atoms with van der Waals surface area (Å²) in [5.74, 6) is -1.03. The van der Waals surface area contributed by atoms with Crippen molar-refractivity contribution in [3.63, 3.8) is 0 Å². The molecule has 6 nitrogen and oxygen atoms in total. The van der Waals surface area contributed by atoms with E-state index in [1.165, 1.54) is 0 Å². The van der Waals surface area contributed by atoms with Crippen LogP contribution in [0.4, 0.5) is 0 Å². The zero-order valence-electron chi connectivity index (χ0n) is 13.5. The van der Waals surface area contributed by atoms with Crippen molar-refractivity contribution in [2.45, 2.75) is 52.0 Å². The molecule has 0 saturated carbocycles. The van der Waals surface area contributed by atoms with E-state index in [0.717, 1.165) is 12.8 Å². The number of likely N-dealkylation sites (tertiary alicyclic amines) is 2. The van der Waals surface area contributed by atoms with Gasteiger partial charge in [0.2, 0.25) is 11.8 Å². The molecule has 2 atom stereocenters. The van der Waals surface area contributed by atoms with Crippen molar-refractivity contribution in [2.24, 2.45) is 11.8 Å². The molecule has 1 N–H and O–H groups in total. The standard InChI is InChI=1S/C16H26N2O4/c1-11(2)9-13(18-7-4-3-5-14(18)19)15(20)17-8-6-12(10-17)16(21)22/h11-13H,3-10H2,1-2H3,(H,21,22). The minimum atomic E-state index is -0.843. The van der Waals surface area contributed by atoms with Crippen LogP contribution >= 0.6 is 0 Å². The maximum absolute atomic E-state index is 12.8. The zero-order chi connectivity index (χ0) is 16.3. The molecule has 0 spiro atoms. The number of carbonyl (C=O) groups excluding carboxylic acids is 2. The van der Waals surface area contributed by atoms with Gasteiger partial charge in [0.25, 0.3) is 0 Å². The van der Waals surface area contributed by atoms with Gasteiger partial charge < -0.3 is 14.9 Å². The Labute approximate surface area is 131 Å². The normalized spacial score (nSPS) is 24.0. The highest BCUT2D eigenvalue weighted by atomic mass is 16.4. The molecule has 0 radical (unpaired) electrons. The second-order valence-corrected chi connectivity index (χ2v) is 6.80. The number of carboxylic acids is 1. The molecular weight excluding hydrogens is 284 g/mol. The monoisotopic (exact) mass is 310 g/mol. The average Bonchev–Trinajstić information content (AvgIpc) is 2.94. The molecule has 2 saturated heterocycles. The first-order valence-corrected chi connectivity index (χ1v) is 8.21.